The number of benzene rings is 1. The molecule has 0 aliphatic carbocycles. The lowest BCUT2D eigenvalue weighted by atomic mass is 9.76. The van der Waals surface area contributed by atoms with Gasteiger partial charge in [-0.1, -0.05) is 6.07 Å². The van der Waals surface area contributed by atoms with Crippen molar-refractivity contribution in [3.8, 4) is 0 Å². The Labute approximate surface area is 157 Å². The predicted octanol–water partition coefficient (Wildman–Crippen LogP) is 1.38. The number of fused-ring (bicyclic) bond motifs is 1. The van der Waals surface area contributed by atoms with Crippen molar-refractivity contribution in [1.82, 2.24) is 15.3 Å². The van der Waals surface area contributed by atoms with E-state index in [4.69, 9.17) is 9.31 Å². The molecular weight excluding hydrogens is 347 g/mol. The molecule has 3 heterocycles. The average molecular weight is 368 g/mol. The minimum absolute atomic E-state index is 0.247. The summed E-state index contributed by atoms with van der Waals surface area (Å²) in [7, 11) is -0.561. The zero-order chi connectivity index (χ0) is 19.4. The van der Waals surface area contributed by atoms with Crippen molar-refractivity contribution in [3.05, 3.63) is 24.7 Å². The maximum atomic E-state index is 12.3. The first-order chi connectivity index (χ1) is 12.7. The van der Waals surface area contributed by atoms with Crippen LogP contribution < -0.4 is 15.7 Å². The molecule has 0 unspecified atom stereocenters. The summed E-state index contributed by atoms with van der Waals surface area (Å²) in [6, 6.07) is 3.23. The summed E-state index contributed by atoms with van der Waals surface area (Å²) in [5, 5.41) is 3.09. The second kappa shape index (κ2) is 6.00. The molecule has 0 saturated carbocycles. The lowest BCUT2D eigenvalue weighted by Gasteiger charge is -2.32. The minimum Gasteiger partial charge on any atom is -0.399 e. The third-order valence-corrected chi connectivity index (χ3v) is 5.54. The quantitative estimate of drug-likeness (QED) is 0.805. The van der Waals surface area contributed by atoms with Crippen LogP contribution in [0.4, 0.5) is 10.5 Å². The molecule has 0 spiro atoms. The van der Waals surface area contributed by atoms with E-state index in [0.717, 1.165) is 10.8 Å². The van der Waals surface area contributed by atoms with Crippen molar-refractivity contribution >= 4 is 41.1 Å². The lowest BCUT2D eigenvalue weighted by molar-refractivity contribution is -0.120. The topological polar surface area (TPSA) is 93.7 Å². The SMILES string of the molecule is CC1(C)OB(c2ccc(N3CCC(=O)NC3=O)c3ncncc23)OC1(C)C. The summed E-state index contributed by atoms with van der Waals surface area (Å²) in [4.78, 5) is 33.8. The van der Waals surface area contributed by atoms with Gasteiger partial charge in [-0.25, -0.2) is 14.8 Å². The van der Waals surface area contributed by atoms with E-state index in [-0.39, 0.29) is 12.3 Å². The van der Waals surface area contributed by atoms with Crippen LogP contribution in [0.5, 0.6) is 0 Å². The maximum absolute atomic E-state index is 12.3. The third-order valence-electron chi connectivity index (χ3n) is 5.54. The van der Waals surface area contributed by atoms with Gasteiger partial charge in [-0.05, 0) is 39.2 Å². The maximum Gasteiger partial charge on any atom is 0.495 e. The number of anilines is 1. The van der Waals surface area contributed by atoms with Crippen LogP contribution in [0.1, 0.15) is 34.1 Å². The molecule has 0 radical (unpaired) electrons. The van der Waals surface area contributed by atoms with Gasteiger partial charge in [0.1, 0.15) is 6.33 Å². The molecular formula is C18H21BN4O4. The van der Waals surface area contributed by atoms with Gasteiger partial charge in [-0.15, -0.1) is 0 Å². The Hall–Kier alpha value is -2.52. The molecule has 4 rings (SSSR count). The number of nitrogens with zero attached hydrogens (tertiary/aromatic N) is 3. The van der Waals surface area contributed by atoms with E-state index in [1.165, 1.54) is 11.2 Å². The monoisotopic (exact) mass is 368 g/mol. The molecule has 0 bridgehead atoms. The summed E-state index contributed by atoms with van der Waals surface area (Å²) in [5.41, 5.74) is 1.11. The van der Waals surface area contributed by atoms with Crippen LogP contribution in [0.15, 0.2) is 24.7 Å². The molecule has 0 atom stereocenters. The molecule has 27 heavy (non-hydrogen) atoms. The van der Waals surface area contributed by atoms with Crippen molar-refractivity contribution in [2.45, 2.75) is 45.3 Å². The molecule has 2 aliphatic heterocycles. The van der Waals surface area contributed by atoms with Crippen LogP contribution >= 0.6 is 0 Å². The molecule has 1 aromatic carbocycles. The van der Waals surface area contributed by atoms with Gasteiger partial charge in [0.05, 0.1) is 22.4 Å². The van der Waals surface area contributed by atoms with Crippen molar-refractivity contribution in [3.63, 3.8) is 0 Å². The number of aromatic nitrogens is 2. The Morgan fingerprint density at radius 2 is 1.85 bits per heavy atom. The van der Waals surface area contributed by atoms with Crippen molar-refractivity contribution in [2.75, 3.05) is 11.4 Å². The summed E-state index contributed by atoms with van der Waals surface area (Å²) >= 11 is 0. The van der Waals surface area contributed by atoms with Gasteiger partial charge >= 0.3 is 13.1 Å². The van der Waals surface area contributed by atoms with Gasteiger partial charge in [0, 0.05) is 24.5 Å². The highest BCUT2D eigenvalue weighted by Gasteiger charge is 2.52. The number of hydrogen-bond acceptors (Lipinski definition) is 6. The van der Waals surface area contributed by atoms with Crippen LogP contribution in [0.3, 0.4) is 0 Å². The Bertz CT molecular complexity index is 930. The molecule has 140 valence electrons. The Balaban J connectivity index is 1.78. The number of nitrogens with one attached hydrogen (secondary N) is 1. The first-order valence-corrected chi connectivity index (χ1v) is 8.89. The van der Waals surface area contributed by atoms with E-state index in [2.05, 4.69) is 15.3 Å². The van der Waals surface area contributed by atoms with Crippen molar-refractivity contribution in [2.24, 2.45) is 0 Å². The molecule has 8 nitrogen and oxygen atoms in total. The fourth-order valence-electron chi connectivity index (χ4n) is 3.27. The minimum atomic E-state index is -0.561. The van der Waals surface area contributed by atoms with Crippen LogP contribution in [0.25, 0.3) is 10.9 Å². The lowest BCUT2D eigenvalue weighted by Crippen LogP contribution is -2.49. The summed E-state index contributed by atoms with van der Waals surface area (Å²) < 4.78 is 12.3. The number of hydrogen-bond donors (Lipinski definition) is 1. The summed E-state index contributed by atoms with van der Waals surface area (Å²) in [6.07, 6.45) is 3.38. The molecule has 9 heteroatoms. The molecule has 2 fully saturated rings. The van der Waals surface area contributed by atoms with Gasteiger partial charge in [-0.3, -0.25) is 15.0 Å². The average Bonchev–Trinajstić information content (AvgIpc) is 2.82. The Morgan fingerprint density at radius 3 is 2.52 bits per heavy atom. The smallest absolute Gasteiger partial charge is 0.399 e. The van der Waals surface area contributed by atoms with Crippen molar-refractivity contribution in [1.29, 1.82) is 0 Å². The zero-order valence-corrected chi connectivity index (χ0v) is 15.8. The van der Waals surface area contributed by atoms with E-state index >= 15 is 0 Å². The number of rotatable bonds is 2. The van der Waals surface area contributed by atoms with Gasteiger partial charge in [0.15, 0.2) is 0 Å². The second-order valence-corrected chi connectivity index (χ2v) is 7.80. The molecule has 2 aromatic rings. The number of carbonyl (C=O) groups excluding carboxylic acids is 2. The highest BCUT2D eigenvalue weighted by atomic mass is 16.7. The van der Waals surface area contributed by atoms with E-state index in [9.17, 15) is 9.59 Å². The molecule has 2 saturated heterocycles. The normalized spacial score (nSPS) is 21.6. The molecule has 1 aromatic heterocycles. The third kappa shape index (κ3) is 2.87. The summed E-state index contributed by atoms with van der Waals surface area (Å²) in [6.45, 7) is 8.29. The number of urea groups is 1. The number of amides is 3. The van der Waals surface area contributed by atoms with Gasteiger partial charge in [0.25, 0.3) is 0 Å². The van der Waals surface area contributed by atoms with E-state index in [0.29, 0.717) is 17.7 Å². The fourth-order valence-corrected chi connectivity index (χ4v) is 3.27. The largest absolute Gasteiger partial charge is 0.495 e. The van der Waals surface area contributed by atoms with Gasteiger partial charge < -0.3 is 9.31 Å². The fraction of sp³-hybridized carbons (Fsp3) is 0.444. The molecule has 2 aliphatic rings. The Morgan fingerprint density at radius 1 is 1.15 bits per heavy atom. The highest BCUT2D eigenvalue weighted by molar-refractivity contribution is 6.65. The second-order valence-electron chi connectivity index (χ2n) is 7.80. The predicted molar refractivity (Wildman–Crippen MR) is 101 cm³/mol. The Kier molecular flexibility index (Phi) is 3.97. The number of imide groups is 1. The van der Waals surface area contributed by atoms with E-state index < -0.39 is 24.4 Å². The zero-order valence-electron chi connectivity index (χ0n) is 15.8. The van der Waals surface area contributed by atoms with Crippen molar-refractivity contribution < 1.29 is 18.9 Å². The van der Waals surface area contributed by atoms with Gasteiger partial charge in [0.2, 0.25) is 5.91 Å². The standard InChI is InChI=1S/C18H21BN4O4/c1-17(2)18(3,4)27-19(26-17)12-5-6-13(15-11(12)9-20-10-21-15)23-8-7-14(24)22-16(23)25/h5-6,9-10H,7-8H2,1-4H3,(H,22,24,25). The first-order valence-electron chi connectivity index (χ1n) is 8.89. The van der Waals surface area contributed by atoms with Crippen LogP contribution in [0, 0.1) is 0 Å². The highest BCUT2D eigenvalue weighted by Crippen LogP contribution is 2.37. The molecule has 3 amide bonds. The first kappa shape index (κ1) is 17.9. The number of carbonyl (C=O) groups is 2. The van der Waals surface area contributed by atoms with E-state index in [1.54, 1.807) is 6.20 Å². The summed E-state index contributed by atoms with van der Waals surface area (Å²) in [5.74, 6) is -0.274. The van der Waals surface area contributed by atoms with Crippen LogP contribution in [0.2, 0.25) is 0 Å². The van der Waals surface area contributed by atoms with E-state index in [1.807, 2.05) is 39.8 Å². The van der Waals surface area contributed by atoms with Crippen LogP contribution in [-0.4, -0.2) is 46.8 Å². The molecule has 1 N–H and O–H groups in total. The van der Waals surface area contributed by atoms with Gasteiger partial charge in [-0.2, -0.15) is 0 Å². The van der Waals surface area contributed by atoms with Crippen LogP contribution in [-0.2, 0) is 14.1 Å².